The molecule has 1 saturated heterocycles. The van der Waals surface area contributed by atoms with Crippen LogP contribution in [0.2, 0.25) is 0 Å². The molecule has 98 valence electrons. The van der Waals surface area contributed by atoms with Gasteiger partial charge in [0.25, 0.3) is 0 Å². The molecule has 1 aliphatic rings. The van der Waals surface area contributed by atoms with Crippen molar-refractivity contribution in [2.75, 3.05) is 18.4 Å². The maximum absolute atomic E-state index is 13.4. The molecule has 0 bridgehead atoms. The minimum Gasteiger partial charge on any atom is -0.326 e. The number of carbonyl (C=O) groups is 1. The van der Waals surface area contributed by atoms with Gasteiger partial charge in [0.15, 0.2) is 0 Å². The summed E-state index contributed by atoms with van der Waals surface area (Å²) in [6.45, 7) is 3.71. The van der Waals surface area contributed by atoms with Crippen molar-refractivity contribution in [3.05, 3.63) is 28.0 Å². The Morgan fingerprint density at radius 3 is 3.06 bits per heavy atom. The first-order chi connectivity index (χ1) is 8.56. The molecule has 2 rings (SSSR count). The van der Waals surface area contributed by atoms with Crippen molar-refractivity contribution in [1.82, 2.24) is 5.32 Å². The first-order valence-electron chi connectivity index (χ1n) is 6.02. The zero-order valence-corrected chi connectivity index (χ0v) is 11.8. The van der Waals surface area contributed by atoms with Crippen molar-refractivity contribution in [2.24, 2.45) is 5.92 Å². The van der Waals surface area contributed by atoms with E-state index in [4.69, 9.17) is 0 Å². The summed E-state index contributed by atoms with van der Waals surface area (Å²) >= 11 is 3.12. The van der Waals surface area contributed by atoms with E-state index in [9.17, 15) is 9.18 Å². The van der Waals surface area contributed by atoms with Crippen LogP contribution in [0.1, 0.15) is 18.4 Å². The number of hydrogen-bond acceptors (Lipinski definition) is 2. The molecule has 0 saturated carbocycles. The molecule has 0 aliphatic carbocycles. The second-order valence-corrected chi connectivity index (χ2v) is 5.55. The fourth-order valence-electron chi connectivity index (χ4n) is 2.13. The van der Waals surface area contributed by atoms with Gasteiger partial charge in [-0.25, -0.2) is 4.39 Å². The predicted molar refractivity (Wildman–Crippen MR) is 73.1 cm³/mol. The lowest BCUT2D eigenvalue weighted by Crippen LogP contribution is -2.18. The maximum atomic E-state index is 13.4. The van der Waals surface area contributed by atoms with Crippen LogP contribution in [0.15, 0.2) is 16.6 Å². The predicted octanol–water partition coefficient (Wildman–Crippen LogP) is 2.83. The molecule has 1 aromatic carbocycles. The summed E-state index contributed by atoms with van der Waals surface area (Å²) in [5.41, 5.74) is 1.40. The number of benzene rings is 1. The molecule has 1 fully saturated rings. The number of halogens is 2. The number of aryl methyl sites for hydroxylation is 1. The number of rotatable bonds is 3. The van der Waals surface area contributed by atoms with Gasteiger partial charge in [0.1, 0.15) is 5.82 Å². The van der Waals surface area contributed by atoms with Crippen LogP contribution in [-0.2, 0) is 4.79 Å². The average molecular weight is 315 g/mol. The van der Waals surface area contributed by atoms with E-state index in [1.54, 1.807) is 6.07 Å². The highest BCUT2D eigenvalue weighted by Gasteiger charge is 2.18. The van der Waals surface area contributed by atoms with Gasteiger partial charge in [-0.3, -0.25) is 4.79 Å². The topological polar surface area (TPSA) is 41.1 Å². The summed E-state index contributed by atoms with van der Waals surface area (Å²) < 4.78 is 13.8. The highest BCUT2D eigenvalue weighted by Crippen LogP contribution is 2.24. The number of hydrogen-bond donors (Lipinski definition) is 2. The average Bonchev–Trinajstić information content (AvgIpc) is 2.78. The number of nitrogens with one attached hydrogen (secondary N) is 2. The van der Waals surface area contributed by atoms with E-state index in [0.29, 0.717) is 22.5 Å². The Hall–Kier alpha value is -0.940. The second kappa shape index (κ2) is 5.80. The van der Waals surface area contributed by atoms with E-state index >= 15 is 0 Å². The summed E-state index contributed by atoms with van der Waals surface area (Å²) in [6, 6.07) is 3.02. The summed E-state index contributed by atoms with van der Waals surface area (Å²) in [7, 11) is 0. The highest BCUT2D eigenvalue weighted by atomic mass is 79.9. The third kappa shape index (κ3) is 3.29. The minimum absolute atomic E-state index is 0.0477. The van der Waals surface area contributed by atoms with E-state index in [-0.39, 0.29) is 11.7 Å². The highest BCUT2D eigenvalue weighted by molar-refractivity contribution is 9.10. The standard InChI is InChI=1S/C13H16BrFN2O/c1-8-4-10(14)11(15)6-12(8)17-13(18)5-9-2-3-16-7-9/h4,6,9,16H,2-3,5,7H2,1H3,(H,17,18). The van der Waals surface area contributed by atoms with E-state index in [1.165, 1.54) is 6.07 Å². The second-order valence-electron chi connectivity index (χ2n) is 4.69. The molecular formula is C13H16BrFN2O. The third-order valence-corrected chi connectivity index (χ3v) is 3.79. The molecule has 1 heterocycles. The van der Waals surface area contributed by atoms with Crippen molar-refractivity contribution < 1.29 is 9.18 Å². The molecule has 1 amide bonds. The Labute approximate surface area is 114 Å². The van der Waals surface area contributed by atoms with Crippen LogP contribution >= 0.6 is 15.9 Å². The van der Waals surface area contributed by atoms with Crippen molar-refractivity contribution in [2.45, 2.75) is 19.8 Å². The Kier molecular flexibility index (Phi) is 4.35. The summed E-state index contributed by atoms with van der Waals surface area (Å²) in [5, 5.41) is 6.00. The van der Waals surface area contributed by atoms with Gasteiger partial charge in [0.2, 0.25) is 5.91 Å². The van der Waals surface area contributed by atoms with E-state index in [0.717, 1.165) is 25.1 Å². The van der Waals surface area contributed by atoms with Gasteiger partial charge in [0, 0.05) is 12.1 Å². The lowest BCUT2D eigenvalue weighted by molar-refractivity contribution is -0.116. The van der Waals surface area contributed by atoms with Crippen molar-refractivity contribution >= 4 is 27.5 Å². The van der Waals surface area contributed by atoms with Crippen LogP contribution in [0.3, 0.4) is 0 Å². The minimum atomic E-state index is -0.363. The Bertz CT molecular complexity index is 459. The molecule has 0 spiro atoms. The van der Waals surface area contributed by atoms with E-state index < -0.39 is 0 Å². The summed E-state index contributed by atoms with van der Waals surface area (Å²) in [5.74, 6) is -0.0162. The molecule has 1 unspecified atom stereocenters. The zero-order chi connectivity index (χ0) is 13.1. The largest absolute Gasteiger partial charge is 0.326 e. The quantitative estimate of drug-likeness (QED) is 0.900. The molecule has 0 radical (unpaired) electrons. The molecule has 1 aliphatic heterocycles. The Morgan fingerprint density at radius 1 is 1.61 bits per heavy atom. The first-order valence-corrected chi connectivity index (χ1v) is 6.82. The van der Waals surface area contributed by atoms with E-state index in [1.807, 2.05) is 6.92 Å². The molecule has 2 N–H and O–H groups in total. The fourth-order valence-corrected chi connectivity index (χ4v) is 2.59. The molecule has 5 heteroatoms. The summed E-state index contributed by atoms with van der Waals surface area (Å²) in [4.78, 5) is 11.8. The number of carbonyl (C=O) groups excluding carboxylic acids is 1. The van der Waals surface area contributed by atoms with Gasteiger partial charge in [-0.15, -0.1) is 0 Å². The van der Waals surface area contributed by atoms with E-state index in [2.05, 4.69) is 26.6 Å². The molecular weight excluding hydrogens is 299 g/mol. The van der Waals surface area contributed by atoms with Crippen LogP contribution < -0.4 is 10.6 Å². The first kappa shape index (κ1) is 13.5. The van der Waals surface area contributed by atoms with Gasteiger partial charge < -0.3 is 10.6 Å². The molecule has 0 aromatic heterocycles. The van der Waals surface area contributed by atoms with Crippen LogP contribution in [0, 0.1) is 18.7 Å². The molecule has 1 aromatic rings. The lowest BCUT2D eigenvalue weighted by Gasteiger charge is -2.11. The van der Waals surface area contributed by atoms with Crippen molar-refractivity contribution in [3.63, 3.8) is 0 Å². The van der Waals surface area contributed by atoms with Crippen LogP contribution in [-0.4, -0.2) is 19.0 Å². The maximum Gasteiger partial charge on any atom is 0.224 e. The van der Waals surface area contributed by atoms with Gasteiger partial charge in [0.05, 0.1) is 4.47 Å². The zero-order valence-electron chi connectivity index (χ0n) is 10.2. The lowest BCUT2D eigenvalue weighted by atomic mass is 10.0. The third-order valence-electron chi connectivity index (χ3n) is 3.18. The number of amides is 1. The number of anilines is 1. The van der Waals surface area contributed by atoms with Crippen LogP contribution in [0.25, 0.3) is 0 Å². The fraction of sp³-hybridized carbons (Fsp3) is 0.462. The molecule has 18 heavy (non-hydrogen) atoms. The monoisotopic (exact) mass is 314 g/mol. The van der Waals surface area contributed by atoms with Gasteiger partial charge in [-0.2, -0.15) is 0 Å². The molecule has 1 atom stereocenters. The molecule has 3 nitrogen and oxygen atoms in total. The SMILES string of the molecule is Cc1cc(Br)c(F)cc1NC(=O)CC1CCNC1. The van der Waals surface area contributed by atoms with Crippen molar-refractivity contribution in [1.29, 1.82) is 0 Å². The normalized spacial score (nSPS) is 18.9. The van der Waals surface area contributed by atoms with Gasteiger partial charge in [-0.1, -0.05) is 0 Å². The van der Waals surface area contributed by atoms with Crippen LogP contribution in [0.5, 0.6) is 0 Å². The van der Waals surface area contributed by atoms with Crippen LogP contribution in [0.4, 0.5) is 10.1 Å². The Balaban J connectivity index is 2.00. The summed E-state index contributed by atoms with van der Waals surface area (Å²) in [6.07, 6.45) is 1.52. The van der Waals surface area contributed by atoms with Gasteiger partial charge >= 0.3 is 0 Å². The Morgan fingerprint density at radius 2 is 2.39 bits per heavy atom. The van der Waals surface area contributed by atoms with Gasteiger partial charge in [-0.05, 0) is 66.0 Å². The smallest absolute Gasteiger partial charge is 0.224 e. The van der Waals surface area contributed by atoms with Crippen molar-refractivity contribution in [3.8, 4) is 0 Å².